The molecule has 146 valence electrons. The minimum Gasteiger partial charge on any atom is -0.467 e. The number of likely N-dealkylation sites (tertiary alicyclic amines) is 1. The highest BCUT2D eigenvalue weighted by molar-refractivity contribution is 5.89. The number of carbonyl (C=O) groups excluding carboxylic acids is 1. The number of benzene rings is 1. The highest BCUT2D eigenvalue weighted by Gasteiger charge is 2.19. The van der Waals surface area contributed by atoms with Crippen LogP contribution in [0.3, 0.4) is 0 Å². The second-order valence-corrected chi connectivity index (χ2v) is 7.17. The molecule has 1 aromatic carbocycles. The number of nitrogens with one attached hydrogen (secondary N) is 1. The summed E-state index contributed by atoms with van der Waals surface area (Å²) >= 11 is 0. The Hall–Kier alpha value is -2.31. The van der Waals surface area contributed by atoms with Gasteiger partial charge in [0.1, 0.15) is 5.76 Å². The standard InChI is InChI=1S/C21H29N3O3/c1-17-6-2-3-10-23(17)15-18-7-4-8-19(14-18)22-21(26)24(11-12-25)16-20-9-5-13-27-20/h4-5,7-9,13-14,17,25H,2-3,6,10-12,15-16H2,1H3,(H,22,26)/t17-/m1/s1. The molecule has 0 aliphatic carbocycles. The SMILES string of the molecule is C[C@@H]1CCCCN1Cc1cccc(NC(=O)N(CCO)Cc2ccco2)c1. The van der Waals surface area contributed by atoms with Crippen molar-refractivity contribution in [2.24, 2.45) is 0 Å². The third-order valence-electron chi connectivity index (χ3n) is 5.09. The molecule has 1 fully saturated rings. The van der Waals surface area contributed by atoms with Crippen LogP contribution in [0.1, 0.15) is 37.5 Å². The lowest BCUT2D eigenvalue weighted by Crippen LogP contribution is -2.37. The molecule has 3 rings (SSSR count). The number of amides is 2. The second kappa shape index (κ2) is 9.58. The van der Waals surface area contributed by atoms with Gasteiger partial charge in [-0.05, 0) is 56.1 Å². The van der Waals surface area contributed by atoms with Gasteiger partial charge in [0.2, 0.25) is 0 Å². The lowest BCUT2D eigenvalue weighted by atomic mass is 10.0. The molecular formula is C21H29N3O3. The number of rotatable bonds is 7. The molecule has 0 unspecified atom stereocenters. The van der Waals surface area contributed by atoms with Crippen LogP contribution in [0.5, 0.6) is 0 Å². The maximum absolute atomic E-state index is 12.6. The fraction of sp³-hybridized carbons (Fsp3) is 0.476. The van der Waals surface area contributed by atoms with Crippen LogP contribution >= 0.6 is 0 Å². The third kappa shape index (κ3) is 5.58. The first kappa shape index (κ1) is 19.5. The molecule has 6 nitrogen and oxygen atoms in total. The fourth-order valence-corrected chi connectivity index (χ4v) is 3.54. The Morgan fingerprint density at radius 2 is 2.22 bits per heavy atom. The number of carbonyl (C=O) groups is 1. The van der Waals surface area contributed by atoms with Gasteiger partial charge in [-0.1, -0.05) is 18.6 Å². The van der Waals surface area contributed by atoms with Crippen molar-refractivity contribution in [2.45, 2.75) is 45.3 Å². The summed E-state index contributed by atoms with van der Waals surface area (Å²) in [6, 6.07) is 12.0. The molecule has 2 amide bonds. The zero-order valence-corrected chi connectivity index (χ0v) is 15.9. The highest BCUT2D eigenvalue weighted by atomic mass is 16.3. The Morgan fingerprint density at radius 3 is 2.96 bits per heavy atom. The molecule has 1 atom stereocenters. The molecule has 1 saturated heterocycles. The van der Waals surface area contributed by atoms with E-state index >= 15 is 0 Å². The normalized spacial score (nSPS) is 17.6. The van der Waals surface area contributed by atoms with E-state index in [9.17, 15) is 9.90 Å². The van der Waals surface area contributed by atoms with E-state index in [1.54, 1.807) is 12.3 Å². The number of hydrogen-bond donors (Lipinski definition) is 2. The number of aliphatic hydroxyl groups is 1. The van der Waals surface area contributed by atoms with Crippen molar-refractivity contribution in [1.82, 2.24) is 9.80 Å². The number of anilines is 1. The topological polar surface area (TPSA) is 69.0 Å². The monoisotopic (exact) mass is 371 g/mol. The van der Waals surface area contributed by atoms with Gasteiger partial charge >= 0.3 is 6.03 Å². The quantitative estimate of drug-likeness (QED) is 0.779. The van der Waals surface area contributed by atoms with Crippen LogP contribution in [0.15, 0.2) is 47.1 Å². The fourth-order valence-electron chi connectivity index (χ4n) is 3.54. The van der Waals surface area contributed by atoms with Gasteiger partial charge in [-0.15, -0.1) is 0 Å². The molecule has 2 heterocycles. The Balaban J connectivity index is 1.62. The summed E-state index contributed by atoms with van der Waals surface area (Å²) in [6.45, 7) is 4.79. The average Bonchev–Trinajstić information content (AvgIpc) is 3.17. The van der Waals surface area contributed by atoms with E-state index < -0.39 is 0 Å². The second-order valence-electron chi connectivity index (χ2n) is 7.17. The van der Waals surface area contributed by atoms with Crippen LogP contribution in [-0.2, 0) is 13.1 Å². The molecule has 6 heteroatoms. The predicted molar refractivity (Wildman–Crippen MR) is 105 cm³/mol. The van der Waals surface area contributed by atoms with Crippen LogP contribution in [0.4, 0.5) is 10.5 Å². The van der Waals surface area contributed by atoms with Crippen LogP contribution in [0.25, 0.3) is 0 Å². The van der Waals surface area contributed by atoms with Crippen LogP contribution in [0, 0.1) is 0 Å². The minimum atomic E-state index is -0.246. The van der Waals surface area contributed by atoms with Crippen molar-refractivity contribution in [3.05, 3.63) is 54.0 Å². The molecule has 2 N–H and O–H groups in total. The first-order valence-corrected chi connectivity index (χ1v) is 9.68. The number of nitrogens with zero attached hydrogens (tertiary/aromatic N) is 2. The Morgan fingerprint density at radius 1 is 1.33 bits per heavy atom. The molecular weight excluding hydrogens is 342 g/mol. The van der Waals surface area contributed by atoms with Crippen molar-refractivity contribution >= 4 is 11.7 Å². The van der Waals surface area contributed by atoms with Gasteiger partial charge in [0.15, 0.2) is 0 Å². The average molecular weight is 371 g/mol. The summed E-state index contributed by atoms with van der Waals surface area (Å²) in [4.78, 5) is 16.7. The van der Waals surface area contributed by atoms with Gasteiger partial charge in [0, 0.05) is 24.8 Å². The molecule has 1 aliphatic rings. The molecule has 1 aliphatic heterocycles. The summed E-state index contributed by atoms with van der Waals surface area (Å²) in [6.07, 6.45) is 5.39. The molecule has 0 radical (unpaired) electrons. The first-order chi connectivity index (χ1) is 13.2. The van der Waals surface area contributed by atoms with Gasteiger partial charge in [-0.2, -0.15) is 0 Å². The largest absolute Gasteiger partial charge is 0.467 e. The van der Waals surface area contributed by atoms with Crippen LogP contribution < -0.4 is 5.32 Å². The molecule has 0 saturated carbocycles. The number of furan rings is 1. The van der Waals surface area contributed by atoms with E-state index in [0.29, 0.717) is 18.3 Å². The van der Waals surface area contributed by atoms with Gasteiger partial charge in [-0.25, -0.2) is 4.79 Å². The van der Waals surface area contributed by atoms with E-state index in [4.69, 9.17) is 4.42 Å². The number of urea groups is 1. The number of piperidine rings is 1. The van der Waals surface area contributed by atoms with Crippen molar-refractivity contribution in [3.63, 3.8) is 0 Å². The van der Waals surface area contributed by atoms with E-state index in [1.165, 1.54) is 29.7 Å². The van der Waals surface area contributed by atoms with Crippen LogP contribution in [0.2, 0.25) is 0 Å². The van der Waals surface area contributed by atoms with Gasteiger partial charge in [0.25, 0.3) is 0 Å². The van der Waals surface area contributed by atoms with Crippen molar-refractivity contribution < 1.29 is 14.3 Å². The highest BCUT2D eigenvalue weighted by Crippen LogP contribution is 2.21. The van der Waals surface area contributed by atoms with Gasteiger partial charge in [0.05, 0.1) is 19.4 Å². The number of aliphatic hydroxyl groups excluding tert-OH is 1. The molecule has 2 aromatic rings. The van der Waals surface area contributed by atoms with E-state index in [0.717, 1.165) is 18.8 Å². The van der Waals surface area contributed by atoms with Gasteiger partial charge < -0.3 is 19.7 Å². The molecule has 1 aromatic heterocycles. The summed E-state index contributed by atoms with van der Waals surface area (Å²) in [5.41, 5.74) is 1.96. The van der Waals surface area contributed by atoms with E-state index in [2.05, 4.69) is 23.2 Å². The van der Waals surface area contributed by atoms with Crippen molar-refractivity contribution in [2.75, 3.05) is 25.0 Å². The summed E-state index contributed by atoms with van der Waals surface area (Å²) in [5.74, 6) is 0.687. The third-order valence-corrected chi connectivity index (χ3v) is 5.09. The Labute approximate surface area is 160 Å². The maximum atomic E-state index is 12.6. The van der Waals surface area contributed by atoms with Crippen LogP contribution in [-0.4, -0.2) is 46.7 Å². The summed E-state index contributed by atoms with van der Waals surface area (Å²) in [5, 5.41) is 12.2. The summed E-state index contributed by atoms with van der Waals surface area (Å²) < 4.78 is 5.32. The summed E-state index contributed by atoms with van der Waals surface area (Å²) in [7, 11) is 0. The molecule has 0 bridgehead atoms. The number of hydrogen-bond acceptors (Lipinski definition) is 4. The molecule has 0 spiro atoms. The Bertz CT molecular complexity index is 717. The predicted octanol–water partition coefficient (Wildman–Crippen LogP) is 3.68. The van der Waals surface area contributed by atoms with Crippen molar-refractivity contribution in [1.29, 1.82) is 0 Å². The van der Waals surface area contributed by atoms with E-state index in [-0.39, 0.29) is 19.2 Å². The zero-order chi connectivity index (χ0) is 19.1. The van der Waals surface area contributed by atoms with Gasteiger partial charge in [-0.3, -0.25) is 4.90 Å². The zero-order valence-electron chi connectivity index (χ0n) is 15.9. The first-order valence-electron chi connectivity index (χ1n) is 9.68. The molecule has 27 heavy (non-hydrogen) atoms. The lowest BCUT2D eigenvalue weighted by Gasteiger charge is -2.33. The lowest BCUT2D eigenvalue weighted by molar-refractivity contribution is 0.152. The maximum Gasteiger partial charge on any atom is 0.322 e. The smallest absolute Gasteiger partial charge is 0.322 e. The van der Waals surface area contributed by atoms with Crippen molar-refractivity contribution in [3.8, 4) is 0 Å². The Kier molecular flexibility index (Phi) is 6.90. The minimum absolute atomic E-state index is 0.0962. The van der Waals surface area contributed by atoms with E-state index in [1.807, 2.05) is 24.3 Å².